The summed E-state index contributed by atoms with van der Waals surface area (Å²) in [6.45, 7) is 4.75. The third kappa shape index (κ3) is 4.40. The fourth-order valence-corrected chi connectivity index (χ4v) is 2.17. The average Bonchev–Trinajstić information content (AvgIpc) is 2.50. The van der Waals surface area contributed by atoms with E-state index in [9.17, 15) is 0 Å². The number of hydrogen-bond donors (Lipinski definition) is 1. The van der Waals surface area contributed by atoms with E-state index in [0.29, 0.717) is 19.0 Å². The molecule has 22 heavy (non-hydrogen) atoms. The molecule has 0 saturated heterocycles. The summed E-state index contributed by atoms with van der Waals surface area (Å²) in [4.78, 5) is 0. The first-order chi connectivity index (χ1) is 10.6. The van der Waals surface area contributed by atoms with Gasteiger partial charge in [-0.05, 0) is 54.8 Å². The summed E-state index contributed by atoms with van der Waals surface area (Å²) in [7, 11) is 0. The van der Waals surface area contributed by atoms with E-state index >= 15 is 0 Å². The molecule has 0 aliphatic carbocycles. The van der Waals surface area contributed by atoms with Gasteiger partial charge in [-0.3, -0.25) is 0 Å². The Kier molecular flexibility index (Phi) is 5.67. The second kappa shape index (κ2) is 7.71. The van der Waals surface area contributed by atoms with Crippen LogP contribution in [0.1, 0.15) is 16.7 Å². The largest absolute Gasteiger partial charge is 0.490 e. The molecule has 0 aliphatic rings. The van der Waals surface area contributed by atoms with Crippen molar-refractivity contribution in [1.82, 2.24) is 0 Å². The van der Waals surface area contributed by atoms with Crippen molar-refractivity contribution in [3.8, 4) is 11.5 Å². The molecule has 0 aliphatic heterocycles. The second-order valence-corrected chi connectivity index (χ2v) is 5.26. The van der Waals surface area contributed by atoms with Crippen molar-refractivity contribution in [2.24, 2.45) is 5.16 Å². The predicted octanol–water partition coefficient (Wildman–Crippen LogP) is 4.22. The van der Waals surface area contributed by atoms with E-state index < -0.39 is 0 Å². The average molecular weight is 320 g/mol. The molecule has 2 aromatic rings. The SMILES string of the molecule is Cc1cc(OCCOc2cccc(/C=N/O)c2)cc(C)c1Cl. The zero-order valence-corrected chi connectivity index (χ0v) is 13.3. The van der Waals surface area contributed by atoms with Crippen LogP contribution in [0.3, 0.4) is 0 Å². The Morgan fingerprint density at radius 3 is 2.32 bits per heavy atom. The highest BCUT2D eigenvalue weighted by molar-refractivity contribution is 6.32. The van der Waals surface area contributed by atoms with Gasteiger partial charge < -0.3 is 14.7 Å². The van der Waals surface area contributed by atoms with Crippen molar-refractivity contribution in [2.75, 3.05) is 13.2 Å². The monoisotopic (exact) mass is 319 g/mol. The van der Waals surface area contributed by atoms with E-state index in [4.69, 9.17) is 26.3 Å². The van der Waals surface area contributed by atoms with Crippen LogP contribution in [0.5, 0.6) is 11.5 Å². The zero-order chi connectivity index (χ0) is 15.9. The summed E-state index contributed by atoms with van der Waals surface area (Å²) < 4.78 is 11.3. The van der Waals surface area contributed by atoms with Gasteiger partial charge in [0.2, 0.25) is 0 Å². The topological polar surface area (TPSA) is 51.0 Å². The first-order valence-electron chi connectivity index (χ1n) is 6.90. The van der Waals surface area contributed by atoms with Gasteiger partial charge in [-0.2, -0.15) is 0 Å². The quantitative estimate of drug-likeness (QED) is 0.375. The van der Waals surface area contributed by atoms with Crippen LogP contribution < -0.4 is 9.47 Å². The van der Waals surface area contributed by atoms with Crippen LogP contribution in [0.2, 0.25) is 5.02 Å². The lowest BCUT2D eigenvalue weighted by Crippen LogP contribution is -2.09. The number of ether oxygens (including phenoxy) is 2. The lowest BCUT2D eigenvalue weighted by Gasteiger charge is -2.11. The third-order valence-corrected chi connectivity index (χ3v) is 3.69. The maximum absolute atomic E-state index is 8.51. The van der Waals surface area contributed by atoms with Gasteiger partial charge in [-0.25, -0.2) is 0 Å². The summed E-state index contributed by atoms with van der Waals surface area (Å²) in [5, 5.41) is 12.3. The van der Waals surface area contributed by atoms with Gasteiger partial charge in [0.15, 0.2) is 0 Å². The van der Waals surface area contributed by atoms with Gasteiger partial charge in [-0.1, -0.05) is 28.9 Å². The minimum atomic E-state index is 0.417. The number of hydrogen-bond acceptors (Lipinski definition) is 4. The van der Waals surface area contributed by atoms with Gasteiger partial charge >= 0.3 is 0 Å². The highest BCUT2D eigenvalue weighted by Gasteiger charge is 2.03. The minimum absolute atomic E-state index is 0.417. The Morgan fingerprint density at radius 1 is 1.05 bits per heavy atom. The van der Waals surface area contributed by atoms with E-state index in [2.05, 4.69) is 5.16 Å². The van der Waals surface area contributed by atoms with Gasteiger partial charge in [0.1, 0.15) is 24.7 Å². The molecule has 0 heterocycles. The van der Waals surface area contributed by atoms with Gasteiger partial charge in [0.05, 0.1) is 6.21 Å². The van der Waals surface area contributed by atoms with Gasteiger partial charge in [-0.15, -0.1) is 0 Å². The van der Waals surface area contributed by atoms with Crippen LogP contribution in [-0.2, 0) is 0 Å². The van der Waals surface area contributed by atoms with Crippen LogP contribution in [0.4, 0.5) is 0 Å². The summed E-state index contributed by atoms with van der Waals surface area (Å²) in [6.07, 6.45) is 1.35. The maximum atomic E-state index is 8.51. The molecule has 0 saturated carbocycles. The number of nitrogens with zero attached hydrogens (tertiary/aromatic N) is 1. The Balaban J connectivity index is 1.86. The Morgan fingerprint density at radius 2 is 1.68 bits per heavy atom. The molecule has 2 aromatic carbocycles. The smallest absolute Gasteiger partial charge is 0.122 e. The van der Waals surface area contributed by atoms with E-state index in [1.165, 1.54) is 6.21 Å². The first kappa shape index (κ1) is 16.2. The normalized spacial score (nSPS) is 10.9. The lowest BCUT2D eigenvalue weighted by molar-refractivity contribution is 0.217. The molecule has 0 unspecified atom stereocenters. The van der Waals surface area contributed by atoms with Crippen LogP contribution in [-0.4, -0.2) is 24.6 Å². The molecule has 0 spiro atoms. The second-order valence-electron chi connectivity index (χ2n) is 4.89. The van der Waals surface area contributed by atoms with Crippen molar-refractivity contribution in [2.45, 2.75) is 13.8 Å². The molecule has 0 atom stereocenters. The molecule has 0 aromatic heterocycles. The van der Waals surface area contributed by atoms with E-state index in [0.717, 1.165) is 27.5 Å². The molecular formula is C17H18ClNO3. The van der Waals surface area contributed by atoms with E-state index in [1.807, 2.05) is 44.2 Å². The highest BCUT2D eigenvalue weighted by atomic mass is 35.5. The number of benzene rings is 2. The minimum Gasteiger partial charge on any atom is -0.490 e. The fraction of sp³-hybridized carbons (Fsp3) is 0.235. The molecule has 1 N–H and O–H groups in total. The first-order valence-corrected chi connectivity index (χ1v) is 7.28. The molecule has 116 valence electrons. The third-order valence-electron chi connectivity index (χ3n) is 3.10. The van der Waals surface area contributed by atoms with E-state index in [-0.39, 0.29) is 0 Å². The fourth-order valence-electron chi connectivity index (χ4n) is 2.06. The molecular weight excluding hydrogens is 302 g/mol. The van der Waals surface area contributed by atoms with Crippen LogP contribution >= 0.6 is 11.6 Å². The number of aryl methyl sites for hydroxylation is 2. The van der Waals surface area contributed by atoms with Crippen molar-refractivity contribution >= 4 is 17.8 Å². The number of oxime groups is 1. The summed E-state index contributed by atoms with van der Waals surface area (Å²) in [6, 6.07) is 11.1. The molecule has 0 fully saturated rings. The molecule has 4 nitrogen and oxygen atoms in total. The predicted molar refractivity (Wildman–Crippen MR) is 87.7 cm³/mol. The van der Waals surface area contributed by atoms with Crippen molar-refractivity contribution in [3.05, 3.63) is 58.1 Å². The molecule has 0 radical (unpaired) electrons. The van der Waals surface area contributed by atoms with Gasteiger partial charge in [0, 0.05) is 5.02 Å². The van der Waals surface area contributed by atoms with Crippen molar-refractivity contribution in [1.29, 1.82) is 0 Å². The number of rotatable bonds is 6. The summed E-state index contributed by atoms with van der Waals surface area (Å²) in [5.74, 6) is 1.48. The zero-order valence-electron chi connectivity index (χ0n) is 12.5. The summed E-state index contributed by atoms with van der Waals surface area (Å²) >= 11 is 6.12. The Hall–Kier alpha value is -2.20. The van der Waals surface area contributed by atoms with E-state index in [1.54, 1.807) is 6.07 Å². The molecule has 0 bridgehead atoms. The van der Waals surface area contributed by atoms with Crippen LogP contribution in [0.25, 0.3) is 0 Å². The molecule has 0 amide bonds. The molecule has 5 heteroatoms. The molecule has 2 rings (SSSR count). The Labute approximate surface area is 134 Å². The summed E-state index contributed by atoms with van der Waals surface area (Å²) in [5.41, 5.74) is 2.76. The maximum Gasteiger partial charge on any atom is 0.122 e. The van der Waals surface area contributed by atoms with Crippen LogP contribution in [0, 0.1) is 13.8 Å². The van der Waals surface area contributed by atoms with Gasteiger partial charge in [0.25, 0.3) is 0 Å². The van der Waals surface area contributed by atoms with Crippen molar-refractivity contribution < 1.29 is 14.7 Å². The highest BCUT2D eigenvalue weighted by Crippen LogP contribution is 2.25. The van der Waals surface area contributed by atoms with Crippen molar-refractivity contribution in [3.63, 3.8) is 0 Å². The van der Waals surface area contributed by atoms with Crippen LogP contribution in [0.15, 0.2) is 41.6 Å². The lowest BCUT2D eigenvalue weighted by atomic mass is 10.1. The standard InChI is InChI=1S/C17H18ClNO3/c1-12-8-16(9-13(2)17(12)18)22-7-6-21-15-5-3-4-14(10-15)11-19-20/h3-5,8-11,20H,6-7H2,1-2H3/b19-11+. The number of halogens is 1. The Bertz CT molecular complexity index is 648.